The Kier molecular flexibility index (Phi) is 3.83. The highest BCUT2D eigenvalue weighted by atomic mass is 19.4. The van der Waals surface area contributed by atoms with Gasteiger partial charge in [0, 0.05) is 6.42 Å². The number of hydrogen-bond acceptors (Lipinski definition) is 1. The van der Waals surface area contributed by atoms with E-state index in [4.69, 9.17) is 11.2 Å². The van der Waals surface area contributed by atoms with E-state index in [1.165, 1.54) is 13.2 Å². The molecule has 0 N–H and O–H groups in total. The highest BCUT2D eigenvalue weighted by molar-refractivity contribution is 5.38. The first-order valence-electron chi connectivity index (χ1n) is 4.66. The minimum absolute atomic E-state index is 0.379. The molecule has 0 fully saturated rings. The summed E-state index contributed by atoms with van der Waals surface area (Å²) in [5, 5.41) is 0. The Bertz CT molecular complexity index is 402. The largest absolute Gasteiger partial charge is 0.496 e. The van der Waals surface area contributed by atoms with Crippen molar-refractivity contribution < 1.29 is 17.9 Å². The van der Waals surface area contributed by atoms with Crippen LogP contribution in [-0.2, 0) is 12.6 Å². The zero-order chi connectivity index (χ0) is 12.2. The van der Waals surface area contributed by atoms with Crippen molar-refractivity contribution in [2.75, 3.05) is 7.11 Å². The number of methoxy groups -OCH3 is 1. The summed E-state index contributed by atoms with van der Waals surface area (Å²) in [6.45, 7) is 0. The number of alkyl halides is 3. The van der Waals surface area contributed by atoms with Crippen LogP contribution >= 0.6 is 0 Å². The molecule has 0 aliphatic carbocycles. The van der Waals surface area contributed by atoms with Crippen LogP contribution in [0.1, 0.15) is 17.5 Å². The predicted octanol–water partition coefficient (Wildman–Crippen LogP) is 3.28. The van der Waals surface area contributed by atoms with Gasteiger partial charge in [-0.3, -0.25) is 0 Å². The minimum atomic E-state index is -4.34. The summed E-state index contributed by atoms with van der Waals surface area (Å²) in [5.74, 6) is 2.82. The van der Waals surface area contributed by atoms with Crippen LogP contribution in [0.15, 0.2) is 18.2 Å². The Hall–Kier alpha value is -1.63. The van der Waals surface area contributed by atoms with Crippen molar-refractivity contribution in [1.82, 2.24) is 0 Å². The van der Waals surface area contributed by atoms with Gasteiger partial charge in [-0.1, -0.05) is 0 Å². The lowest BCUT2D eigenvalue weighted by atomic mass is 10.0. The van der Waals surface area contributed by atoms with Gasteiger partial charge in [0.25, 0.3) is 0 Å². The molecule has 16 heavy (non-hydrogen) atoms. The van der Waals surface area contributed by atoms with Crippen molar-refractivity contribution in [2.45, 2.75) is 19.0 Å². The van der Waals surface area contributed by atoms with Crippen LogP contribution in [-0.4, -0.2) is 7.11 Å². The molecule has 0 saturated heterocycles. The quantitative estimate of drug-likeness (QED) is 0.721. The van der Waals surface area contributed by atoms with E-state index in [2.05, 4.69) is 5.92 Å². The lowest BCUT2D eigenvalue weighted by Gasteiger charge is -2.11. The smallest absolute Gasteiger partial charge is 0.416 e. The van der Waals surface area contributed by atoms with Gasteiger partial charge in [0.05, 0.1) is 12.7 Å². The van der Waals surface area contributed by atoms with E-state index >= 15 is 0 Å². The molecule has 4 heteroatoms. The maximum Gasteiger partial charge on any atom is 0.416 e. The number of benzene rings is 1. The average molecular weight is 228 g/mol. The van der Waals surface area contributed by atoms with Crippen LogP contribution < -0.4 is 4.74 Å². The number of ether oxygens (including phenoxy) is 1. The molecule has 0 heterocycles. The molecular weight excluding hydrogens is 217 g/mol. The van der Waals surface area contributed by atoms with Gasteiger partial charge in [0.15, 0.2) is 0 Å². The molecule has 0 saturated carbocycles. The zero-order valence-electron chi connectivity index (χ0n) is 8.77. The third-order valence-corrected chi connectivity index (χ3v) is 2.15. The highest BCUT2D eigenvalue weighted by Gasteiger charge is 2.30. The second-order valence-electron chi connectivity index (χ2n) is 3.23. The molecule has 0 aromatic heterocycles. The molecule has 0 amide bonds. The molecule has 0 spiro atoms. The number of rotatable bonds is 3. The van der Waals surface area contributed by atoms with E-state index in [0.29, 0.717) is 24.2 Å². The van der Waals surface area contributed by atoms with Crippen molar-refractivity contribution in [2.24, 2.45) is 0 Å². The fourth-order valence-corrected chi connectivity index (χ4v) is 1.36. The third kappa shape index (κ3) is 2.93. The second kappa shape index (κ2) is 4.93. The van der Waals surface area contributed by atoms with Gasteiger partial charge < -0.3 is 4.74 Å². The fourth-order valence-electron chi connectivity index (χ4n) is 1.36. The number of hydrogen-bond donors (Lipinski definition) is 0. The summed E-state index contributed by atoms with van der Waals surface area (Å²) in [6, 6.07) is 3.39. The van der Waals surface area contributed by atoms with E-state index in [1.54, 1.807) is 0 Å². The Morgan fingerprint density at radius 1 is 1.38 bits per heavy atom. The molecule has 0 bridgehead atoms. The van der Waals surface area contributed by atoms with Crippen LogP contribution in [0.2, 0.25) is 0 Å². The van der Waals surface area contributed by atoms with E-state index in [-0.39, 0.29) is 0 Å². The van der Waals surface area contributed by atoms with Gasteiger partial charge in [0.2, 0.25) is 0 Å². The molecule has 1 nitrogen and oxygen atoms in total. The number of terminal acetylenes is 1. The molecule has 0 radical (unpaired) electrons. The minimum Gasteiger partial charge on any atom is -0.496 e. The van der Waals surface area contributed by atoms with Crippen LogP contribution in [0.25, 0.3) is 0 Å². The summed E-state index contributed by atoms with van der Waals surface area (Å²) in [7, 11) is 1.42. The molecule has 0 aliphatic rings. The van der Waals surface area contributed by atoms with Crippen molar-refractivity contribution in [3.8, 4) is 18.1 Å². The predicted molar refractivity (Wildman–Crippen MR) is 55.2 cm³/mol. The third-order valence-electron chi connectivity index (χ3n) is 2.15. The number of halogens is 3. The zero-order valence-corrected chi connectivity index (χ0v) is 8.77. The Labute approximate surface area is 92.2 Å². The van der Waals surface area contributed by atoms with E-state index in [9.17, 15) is 13.2 Å². The van der Waals surface area contributed by atoms with Crippen LogP contribution in [0.5, 0.6) is 5.75 Å². The van der Waals surface area contributed by atoms with Crippen LogP contribution in [0.4, 0.5) is 13.2 Å². The van der Waals surface area contributed by atoms with E-state index in [0.717, 1.165) is 12.1 Å². The second-order valence-corrected chi connectivity index (χ2v) is 3.23. The van der Waals surface area contributed by atoms with Gasteiger partial charge in [-0.25, -0.2) is 0 Å². The summed E-state index contributed by atoms with van der Waals surface area (Å²) in [6.07, 6.45) is 1.51. The van der Waals surface area contributed by atoms with Gasteiger partial charge in [-0.05, 0) is 30.2 Å². The average Bonchev–Trinajstić information content (AvgIpc) is 2.24. The molecule has 1 aromatic rings. The van der Waals surface area contributed by atoms with Crippen molar-refractivity contribution >= 4 is 0 Å². The standard InChI is InChI=1S/C12H11F3O/c1-3-4-5-9-8-10(12(13,14)15)6-7-11(9)16-2/h1,6-8H,4-5H2,2H3. The topological polar surface area (TPSA) is 9.23 Å². The van der Waals surface area contributed by atoms with Gasteiger partial charge in [-0.2, -0.15) is 13.2 Å². The van der Waals surface area contributed by atoms with Gasteiger partial charge in [-0.15, -0.1) is 12.3 Å². The highest BCUT2D eigenvalue weighted by Crippen LogP contribution is 2.32. The Balaban J connectivity index is 3.07. The SMILES string of the molecule is C#CCCc1cc(C(F)(F)F)ccc1OC. The molecule has 0 unspecified atom stereocenters. The van der Waals surface area contributed by atoms with Gasteiger partial charge >= 0.3 is 6.18 Å². The molecule has 86 valence electrons. The maximum absolute atomic E-state index is 12.4. The number of aryl methyl sites for hydroxylation is 1. The Morgan fingerprint density at radius 3 is 2.56 bits per heavy atom. The normalized spacial score (nSPS) is 10.9. The lowest BCUT2D eigenvalue weighted by Crippen LogP contribution is -2.06. The van der Waals surface area contributed by atoms with E-state index in [1.807, 2.05) is 0 Å². The molecular formula is C12H11F3O. The summed E-state index contributed by atoms with van der Waals surface area (Å²) < 4.78 is 42.3. The summed E-state index contributed by atoms with van der Waals surface area (Å²) in [5.41, 5.74) is -0.199. The van der Waals surface area contributed by atoms with E-state index < -0.39 is 11.7 Å². The van der Waals surface area contributed by atoms with Crippen molar-refractivity contribution in [3.05, 3.63) is 29.3 Å². The first-order chi connectivity index (χ1) is 7.49. The first-order valence-corrected chi connectivity index (χ1v) is 4.66. The Morgan fingerprint density at radius 2 is 2.06 bits per heavy atom. The summed E-state index contributed by atoms with van der Waals surface area (Å²) >= 11 is 0. The maximum atomic E-state index is 12.4. The van der Waals surface area contributed by atoms with Crippen LogP contribution in [0.3, 0.4) is 0 Å². The van der Waals surface area contributed by atoms with Crippen LogP contribution in [0, 0.1) is 12.3 Å². The molecule has 0 aliphatic heterocycles. The fraction of sp³-hybridized carbons (Fsp3) is 0.333. The summed E-state index contributed by atoms with van der Waals surface area (Å²) in [4.78, 5) is 0. The first kappa shape index (κ1) is 12.4. The van der Waals surface area contributed by atoms with Crippen molar-refractivity contribution in [1.29, 1.82) is 0 Å². The van der Waals surface area contributed by atoms with Gasteiger partial charge in [0.1, 0.15) is 5.75 Å². The molecule has 1 aromatic carbocycles. The molecule has 1 rings (SSSR count). The lowest BCUT2D eigenvalue weighted by molar-refractivity contribution is -0.137. The monoisotopic (exact) mass is 228 g/mol. The van der Waals surface area contributed by atoms with Crippen molar-refractivity contribution in [3.63, 3.8) is 0 Å². The molecule has 0 atom stereocenters.